The van der Waals surface area contributed by atoms with Gasteiger partial charge in [0.05, 0.1) is 0 Å². The van der Waals surface area contributed by atoms with E-state index < -0.39 is 5.54 Å². The Balaban J connectivity index is 2.23. The molecule has 4 nitrogen and oxygen atoms in total. The van der Waals surface area contributed by atoms with E-state index in [4.69, 9.17) is 0 Å². The van der Waals surface area contributed by atoms with Crippen LogP contribution in [0.5, 0.6) is 0 Å². The highest BCUT2D eigenvalue weighted by molar-refractivity contribution is 6.00. The van der Waals surface area contributed by atoms with Crippen molar-refractivity contribution in [2.45, 2.75) is 77.8 Å². The molecule has 2 fully saturated rings. The number of hydrogen-bond acceptors (Lipinski definition) is 2. The Morgan fingerprint density at radius 2 is 1.86 bits per heavy atom. The van der Waals surface area contributed by atoms with Crippen LogP contribution in [-0.2, 0) is 9.59 Å². The number of rotatable bonds is 7. The standard InChI is InChI=1S/C17H30N2O2/c1-5-8-14-15(20)18-17(4,13-9-10-13)16(21)19(14)11-12(6-2)7-3/h12-14H,5-11H2,1-4H3,(H,18,20). The minimum Gasteiger partial charge on any atom is -0.340 e. The van der Waals surface area contributed by atoms with Gasteiger partial charge in [-0.15, -0.1) is 0 Å². The SMILES string of the molecule is CCCC1C(=O)NC(C)(C2CC2)C(=O)N1CC(CC)CC. The topological polar surface area (TPSA) is 49.4 Å². The number of hydrogen-bond donors (Lipinski definition) is 1. The van der Waals surface area contributed by atoms with Crippen molar-refractivity contribution < 1.29 is 9.59 Å². The Hall–Kier alpha value is -1.06. The van der Waals surface area contributed by atoms with Gasteiger partial charge in [-0.25, -0.2) is 0 Å². The molecule has 1 saturated heterocycles. The molecular formula is C17H30N2O2. The molecule has 0 aromatic heterocycles. The Labute approximate surface area is 128 Å². The molecule has 2 rings (SSSR count). The Kier molecular flexibility index (Phi) is 4.95. The fourth-order valence-corrected chi connectivity index (χ4v) is 3.51. The lowest BCUT2D eigenvalue weighted by atomic mass is 9.87. The number of amides is 2. The monoisotopic (exact) mass is 294 g/mol. The lowest BCUT2D eigenvalue weighted by molar-refractivity contribution is -0.156. The van der Waals surface area contributed by atoms with Crippen molar-refractivity contribution in [1.82, 2.24) is 10.2 Å². The molecule has 2 amide bonds. The molecule has 0 aromatic rings. The van der Waals surface area contributed by atoms with E-state index in [0.717, 1.165) is 45.1 Å². The highest BCUT2D eigenvalue weighted by Crippen LogP contribution is 2.42. The maximum atomic E-state index is 13.0. The molecule has 1 aliphatic carbocycles. The molecular weight excluding hydrogens is 264 g/mol. The predicted octanol–water partition coefficient (Wildman–Crippen LogP) is 2.72. The molecule has 4 heteroatoms. The Morgan fingerprint density at radius 3 is 2.33 bits per heavy atom. The van der Waals surface area contributed by atoms with Crippen molar-refractivity contribution in [3.63, 3.8) is 0 Å². The number of nitrogens with zero attached hydrogens (tertiary/aromatic N) is 1. The number of carbonyl (C=O) groups is 2. The van der Waals surface area contributed by atoms with E-state index in [1.807, 2.05) is 11.8 Å². The van der Waals surface area contributed by atoms with Crippen molar-refractivity contribution in [2.24, 2.45) is 11.8 Å². The lowest BCUT2D eigenvalue weighted by Crippen LogP contribution is -2.70. The largest absolute Gasteiger partial charge is 0.340 e. The van der Waals surface area contributed by atoms with E-state index in [-0.39, 0.29) is 17.9 Å². The van der Waals surface area contributed by atoms with E-state index in [0.29, 0.717) is 11.8 Å². The average Bonchev–Trinajstić information content (AvgIpc) is 3.29. The van der Waals surface area contributed by atoms with Crippen molar-refractivity contribution >= 4 is 11.8 Å². The third kappa shape index (κ3) is 3.09. The second-order valence-corrected chi connectivity index (χ2v) is 6.91. The van der Waals surface area contributed by atoms with Crippen molar-refractivity contribution in [3.05, 3.63) is 0 Å². The second-order valence-electron chi connectivity index (χ2n) is 6.91. The molecule has 1 heterocycles. The smallest absolute Gasteiger partial charge is 0.249 e. The fraction of sp³-hybridized carbons (Fsp3) is 0.882. The molecule has 0 spiro atoms. The first-order valence-electron chi connectivity index (χ1n) is 8.60. The molecule has 2 atom stereocenters. The number of nitrogens with one attached hydrogen (secondary N) is 1. The molecule has 0 radical (unpaired) electrons. The van der Waals surface area contributed by atoms with Crippen LogP contribution in [0, 0.1) is 11.8 Å². The van der Waals surface area contributed by atoms with E-state index >= 15 is 0 Å². The van der Waals surface area contributed by atoms with E-state index in [1.165, 1.54) is 0 Å². The van der Waals surface area contributed by atoms with Gasteiger partial charge in [-0.05, 0) is 38.0 Å². The minimum atomic E-state index is -0.659. The summed E-state index contributed by atoms with van der Waals surface area (Å²) < 4.78 is 0. The van der Waals surface area contributed by atoms with E-state index in [9.17, 15) is 9.59 Å². The first-order valence-corrected chi connectivity index (χ1v) is 8.60. The zero-order valence-electron chi connectivity index (χ0n) is 13.9. The predicted molar refractivity (Wildman–Crippen MR) is 83.8 cm³/mol. The van der Waals surface area contributed by atoms with Crippen molar-refractivity contribution in [1.29, 1.82) is 0 Å². The average molecular weight is 294 g/mol. The first kappa shape index (κ1) is 16.3. The van der Waals surface area contributed by atoms with Crippen LogP contribution in [0.3, 0.4) is 0 Å². The van der Waals surface area contributed by atoms with Crippen LogP contribution in [0.2, 0.25) is 0 Å². The van der Waals surface area contributed by atoms with Crippen molar-refractivity contribution in [2.75, 3.05) is 6.54 Å². The van der Waals surface area contributed by atoms with Gasteiger partial charge in [-0.2, -0.15) is 0 Å². The summed E-state index contributed by atoms with van der Waals surface area (Å²) in [6.45, 7) is 9.05. The summed E-state index contributed by atoms with van der Waals surface area (Å²) in [5.41, 5.74) is -0.659. The summed E-state index contributed by atoms with van der Waals surface area (Å²) in [7, 11) is 0. The van der Waals surface area contributed by atoms with Crippen LogP contribution >= 0.6 is 0 Å². The number of piperazine rings is 1. The van der Waals surface area contributed by atoms with E-state index in [2.05, 4.69) is 26.1 Å². The van der Waals surface area contributed by atoms with Gasteiger partial charge in [0, 0.05) is 6.54 Å². The maximum Gasteiger partial charge on any atom is 0.249 e. The van der Waals surface area contributed by atoms with Crippen LogP contribution in [0.15, 0.2) is 0 Å². The minimum absolute atomic E-state index is 0.0526. The van der Waals surface area contributed by atoms with Crippen LogP contribution < -0.4 is 5.32 Å². The van der Waals surface area contributed by atoms with Gasteiger partial charge in [-0.3, -0.25) is 9.59 Å². The highest BCUT2D eigenvalue weighted by Gasteiger charge is 2.55. The molecule has 2 aliphatic rings. The van der Waals surface area contributed by atoms with Crippen LogP contribution in [0.1, 0.15) is 66.2 Å². The normalized spacial score (nSPS) is 30.0. The van der Waals surface area contributed by atoms with Crippen molar-refractivity contribution in [3.8, 4) is 0 Å². The molecule has 1 aliphatic heterocycles. The van der Waals surface area contributed by atoms with Gasteiger partial charge in [0.2, 0.25) is 11.8 Å². The summed E-state index contributed by atoms with van der Waals surface area (Å²) in [4.78, 5) is 27.5. The summed E-state index contributed by atoms with van der Waals surface area (Å²) in [6, 6.07) is -0.269. The quantitative estimate of drug-likeness (QED) is 0.785. The zero-order valence-corrected chi connectivity index (χ0v) is 13.9. The van der Waals surface area contributed by atoms with Gasteiger partial charge in [0.25, 0.3) is 0 Å². The molecule has 21 heavy (non-hydrogen) atoms. The highest BCUT2D eigenvalue weighted by atomic mass is 16.2. The third-order valence-corrected chi connectivity index (χ3v) is 5.33. The van der Waals surface area contributed by atoms with E-state index in [1.54, 1.807) is 0 Å². The zero-order chi connectivity index (χ0) is 15.6. The molecule has 0 bridgehead atoms. The number of carbonyl (C=O) groups excluding carboxylic acids is 2. The summed E-state index contributed by atoms with van der Waals surface area (Å²) in [5.74, 6) is 1.02. The van der Waals surface area contributed by atoms with Gasteiger partial charge < -0.3 is 10.2 Å². The molecule has 120 valence electrons. The summed E-state index contributed by atoms with van der Waals surface area (Å²) in [5, 5.41) is 3.05. The Bertz CT molecular complexity index is 402. The fourth-order valence-electron chi connectivity index (χ4n) is 3.51. The third-order valence-electron chi connectivity index (χ3n) is 5.33. The Morgan fingerprint density at radius 1 is 1.24 bits per heavy atom. The van der Waals surface area contributed by atoms with Crippen LogP contribution in [0.4, 0.5) is 0 Å². The van der Waals surface area contributed by atoms with Gasteiger partial charge in [0.15, 0.2) is 0 Å². The van der Waals surface area contributed by atoms with Crippen LogP contribution in [-0.4, -0.2) is 34.8 Å². The maximum absolute atomic E-state index is 13.0. The molecule has 2 unspecified atom stereocenters. The van der Waals surface area contributed by atoms with Gasteiger partial charge in [0.1, 0.15) is 11.6 Å². The second kappa shape index (κ2) is 6.37. The molecule has 1 N–H and O–H groups in total. The van der Waals surface area contributed by atoms with Crippen LogP contribution in [0.25, 0.3) is 0 Å². The molecule has 1 saturated carbocycles. The van der Waals surface area contributed by atoms with Gasteiger partial charge in [-0.1, -0.05) is 40.0 Å². The lowest BCUT2D eigenvalue weighted by Gasteiger charge is -2.45. The molecule has 0 aromatic carbocycles. The van der Waals surface area contributed by atoms with Gasteiger partial charge >= 0.3 is 0 Å². The first-order chi connectivity index (χ1) is 9.97. The summed E-state index contributed by atoms with van der Waals surface area (Å²) >= 11 is 0. The summed E-state index contributed by atoms with van der Waals surface area (Å²) in [6.07, 6.45) is 5.91.